The highest BCUT2D eigenvalue weighted by molar-refractivity contribution is 5.31. The van der Waals surface area contributed by atoms with Crippen LogP contribution >= 0.6 is 0 Å². The van der Waals surface area contributed by atoms with E-state index in [9.17, 15) is 0 Å². The molecular formula is C18H30N2. The van der Waals surface area contributed by atoms with Gasteiger partial charge in [-0.2, -0.15) is 0 Å². The molecule has 2 heteroatoms. The van der Waals surface area contributed by atoms with Crippen LogP contribution in [0.1, 0.15) is 50.2 Å². The fraction of sp³-hybridized carbons (Fsp3) is 0.667. The van der Waals surface area contributed by atoms with Crippen LogP contribution in [-0.2, 0) is 0 Å². The molecule has 1 aliphatic rings. The normalized spacial score (nSPS) is 22.3. The molecular weight excluding hydrogens is 244 g/mol. The number of nitrogens with zero attached hydrogens (tertiary/aromatic N) is 1. The van der Waals surface area contributed by atoms with E-state index in [0.717, 1.165) is 18.5 Å². The van der Waals surface area contributed by atoms with Crippen LogP contribution in [-0.4, -0.2) is 37.1 Å². The van der Waals surface area contributed by atoms with Crippen molar-refractivity contribution in [3.05, 3.63) is 35.4 Å². The van der Waals surface area contributed by atoms with Crippen molar-refractivity contribution in [1.29, 1.82) is 0 Å². The molecule has 1 saturated carbocycles. The highest BCUT2D eigenvalue weighted by atomic mass is 15.1. The highest BCUT2D eigenvalue weighted by Crippen LogP contribution is 2.38. The van der Waals surface area contributed by atoms with Crippen molar-refractivity contribution < 1.29 is 0 Å². The topological polar surface area (TPSA) is 15.3 Å². The third-order valence-corrected chi connectivity index (χ3v) is 4.77. The summed E-state index contributed by atoms with van der Waals surface area (Å²) in [6.45, 7) is 9.09. The van der Waals surface area contributed by atoms with Gasteiger partial charge in [-0.1, -0.05) is 24.3 Å². The summed E-state index contributed by atoms with van der Waals surface area (Å²) in [5.74, 6) is 0.784. The molecule has 0 saturated heterocycles. The van der Waals surface area contributed by atoms with Gasteiger partial charge in [0.1, 0.15) is 0 Å². The predicted molar refractivity (Wildman–Crippen MR) is 87.3 cm³/mol. The number of rotatable bonds is 7. The van der Waals surface area contributed by atoms with E-state index < -0.39 is 0 Å². The molecule has 0 radical (unpaired) electrons. The fourth-order valence-electron chi connectivity index (χ4n) is 2.98. The first-order chi connectivity index (χ1) is 9.58. The average molecular weight is 274 g/mol. The lowest BCUT2D eigenvalue weighted by Crippen LogP contribution is -2.41. The summed E-state index contributed by atoms with van der Waals surface area (Å²) < 4.78 is 0. The molecule has 2 nitrogen and oxygen atoms in total. The quantitative estimate of drug-likeness (QED) is 0.765. The lowest BCUT2D eigenvalue weighted by molar-refractivity contribution is 0.253. The van der Waals surface area contributed by atoms with Gasteiger partial charge in [-0.25, -0.2) is 0 Å². The van der Waals surface area contributed by atoms with Crippen LogP contribution in [0.3, 0.4) is 0 Å². The van der Waals surface area contributed by atoms with E-state index in [-0.39, 0.29) is 0 Å². The van der Waals surface area contributed by atoms with Crippen molar-refractivity contribution in [1.82, 2.24) is 10.2 Å². The first kappa shape index (κ1) is 15.5. The van der Waals surface area contributed by atoms with Crippen molar-refractivity contribution in [3.63, 3.8) is 0 Å². The Kier molecular flexibility index (Phi) is 5.62. The zero-order valence-corrected chi connectivity index (χ0v) is 13.5. The molecule has 112 valence electrons. The van der Waals surface area contributed by atoms with E-state index in [2.05, 4.69) is 62.3 Å². The molecule has 0 aromatic heterocycles. The van der Waals surface area contributed by atoms with Gasteiger partial charge in [0.15, 0.2) is 0 Å². The molecule has 1 aromatic carbocycles. The molecule has 1 fully saturated rings. The first-order valence-corrected chi connectivity index (χ1v) is 8.07. The Bertz CT molecular complexity index is 408. The van der Waals surface area contributed by atoms with Crippen molar-refractivity contribution in [3.8, 4) is 0 Å². The summed E-state index contributed by atoms with van der Waals surface area (Å²) in [6.07, 6.45) is 3.87. The van der Waals surface area contributed by atoms with Gasteiger partial charge in [0.25, 0.3) is 0 Å². The van der Waals surface area contributed by atoms with Crippen LogP contribution < -0.4 is 5.32 Å². The second-order valence-corrected chi connectivity index (χ2v) is 6.60. The van der Waals surface area contributed by atoms with Gasteiger partial charge in [0.2, 0.25) is 0 Å². The minimum absolute atomic E-state index is 0.657. The Labute approximate surface area is 124 Å². The zero-order valence-electron chi connectivity index (χ0n) is 13.5. The van der Waals surface area contributed by atoms with Gasteiger partial charge < -0.3 is 10.2 Å². The van der Waals surface area contributed by atoms with E-state index in [0.29, 0.717) is 6.04 Å². The Hall–Kier alpha value is -0.860. The summed E-state index contributed by atoms with van der Waals surface area (Å²) in [6, 6.07) is 10.2. The molecule has 1 aliphatic carbocycles. The van der Waals surface area contributed by atoms with E-state index in [1.54, 1.807) is 5.56 Å². The third-order valence-electron chi connectivity index (χ3n) is 4.77. The van der Waals surface area contributed by atoms with Gasteiger partial charge in [0.05, 0.1) is 0 Å². The lowest BCUT2D eigenvalue weighted by atomic mass is 9.74. The molecule has 1 N–H and O–H groups in total. The van der Waals surface area contributed by atoms with E-state index in [1.165, 1.54) is 31.4 Å². The van der Waals surface area contributed by atoms with Crippen LogP contribution in [0.15, 0.2) is 24.3 Å². The summed E-state index contributed by atoms with van der Waals surface area (Å²) in [7, 11) is 2.21. The van der Waals surface area contributed by atoms with Crippen LogP contribution in [0.4, 0.5) is 0 Å². The molecule has 0 spiro atoms. The summed E-state index contributed by atoms with van der Waals surface area (Å²) in [4.78, 5) is 2.42. The molecule has 2 rings (SSSR count). The molecule has 0 amide bonds. The molecule has 0 heterocycles. The summed E-state index contributed by atoms with van der Waals surface area (Å²) >= 11 is 0. The van der Waals surface area contributed by atoms with Gasteiger partial charge in [-0.3, -0.25) is 0 Å². The molecule has 1 aromatic rings. The standard InChI is InChI=1S/C18H30N2/c1-14(2)20(4)11-7-10-19-17-12-16(13-17)18-9-6-5-8-15(18)3/h5-6,8-9,14,16-17,19H,7,10-13H2,1-4H3. The van der Waals surface area contributed by atoms with Crippen LogP contribution in [0, 0.1) is 6.92 Å². The van der Waals surface area contributed by atoms with Crippen molar-refractivity contribution >= 4 is 0 Å². The number of hydrogen-bond donors (Lipinski definition) is 1. The van der Waals surface area contributed by atoms with Gasteiger partial charge in [0, 0.05) is 12.1 Å². The van der Waals surface area contributed by atoms with E-state index in [1.807, 2.05) is 0 Å². The van der Waals surface area contributed by atoms with E-state index in [4.69, 9.17) is 0 Å². The van der Waals surface area contributed by atoms with Gasteiger partial charge in [-0.15, -0.1) is 0 Å². The third kappa shape index (κ3) is 4.07. The molecule has 0 aliphatic heterocycles. The molecule has 20 heavy (non-hydrogen) atoms. The number of hydrogen-bond acceptors (Lipinski definition) is 2. The Morgan fingerprint density at radius 3 is 2.60 bits per heavy atom. The predicted octanol–water partition coefficient (Wildman–Crippen LogP) is 3.56. The van der Waals surface area contributed by atoms with Crippen molar-refractivity contribution in [2.45, 2.75) is 58.0 Å². The summed E-state index contributed by atoms with van der Waals surface area (Å²) in [5, 5.41) is 3.71. The monoisotopic (exact) mass is 274 g/mol. The van der Waals surface area contributed by atoms with Crippen molar-refractivity contribution in [2.24, 2.45) is 0 Å². The number of benzene rings is 1. The second kappa shape index (κ2) is 7.24. The fourth-order valence-corrected chi connectivity index (χ4v) is 2.98. The Balaban J connectivity index is 1.62. The average Bonchev–Trinajstić information content (AvgIpc) is 2.37. The second-order valence-electron chi connectivity index (χ2n) is 6.60. The Morgan fingerprint density at radius 2 is 1.95 bits per heavy atom. The Morgan fingerprint density at radius 1 is 1.25 bits per heavy atom. The maximum Gasteiger partial charge on any atom is 0.00787 e. The minimum atomic E-state index is 0.657. The van der Waals surface area contributed by atoms with Crippen LogP contribution in [0.25, 0.3) is 0 Å². The highest BCUT2D eigenvalue weighted by Gasteiger charge is 2.30. The largest absolute Gasteiger partial charge is 0.314 e. The SMILES string of the molecule is Cc1ccccc1C1CC(NCCCN(C)C(C)C)C1. The maximum absolute atomic E-state index is 3.71. The lowest BCUT2D eigenvalue weighted by Gasteiger charge is -2.37. The van der Waals surface area contributed by atoms with Gasteiger partial charge >= 0.3 is 0 Å². The maximum atomic E-state index is 3.71. The molecule has 0 atom stereocenters. The van der Waals surface area contributed by atoms with E-state index >= 15 is 0 Å². The van der Waals surface area contributed by atoms with Crippen LogP contribution in [0.5, 0.6) is 0 Å². The van der Waals surface area contributed by atoms with Crippen LogP contribution in [0.2, 0.25) is 0 Å². The smallest absolute Gasteiger partial charge is 0.00787 e. The van der Waals surface area contributed by atoms with Crippen molar-refractivity contribution in [2.75, 3.05) is 20.1 Å². The van der Waals surface area contributed by atoms with Gasteiger partial charge in [-0.05, 0) is 77.2 Å². The zero-order chi connectivity index (χ0) is 14.5. The number of nitrogens with one attached hydrogen (secondary N) is 1. The number of aryl methyl sites for hydroxylation is 1. The first-order valence-electron chi connectivity index (χ1n) is 8.07. The minimum Gasteiger partial charge on any atom is -0.314 e. The summed E-state index contributed by atoms with van der Waals surface area (Å²) in [5.41, 5.74) is 3.01. The molecule has 0 unspecified atom stereocenters. The molecule has 0 bridgehead atoms.